The highest BCUT2D eigenvalue weighted by molar-refractivity contribution is 5.82. The van der Waals surface area contributed by atoms with Gasteiger partial charge in [-0.25, -0.2) is 4.79 Å². The summed E-state index contributed by atoms with van der Waals surface area (Å²) in [5, 5.41) is 3.11. The van der Waals surface area contributed by atoms with Crippen molar-refractivity contribution in [3.63, 3.8) is 0 Å². The summed E-state index contributed by atoms with van der Waals surface area (Å²) < 4.78 is 4.99. The lowest BCUT2D eigenvalue weighted by molar-refractivity contribution is -0.145. The summed E-state index contributed by atoms with van der Waals surface area (Å²) in [6, 6.07) is 0. The number of ether oxygens (including phenoxy) is 1. The maximum atomic E-state index is 11.3. The molecule has 1 fully saturated rings. The fourth-order valence-corrected chi connectivity index (χ4v) is 1.20. The van der Waals surface area contributed by atoms with Crippen molar-refractivity contribution in [2.24, 2.45) is 5.92 Å². The van der Waals surface area contributed by atoms with Gasteiger partial charge in [0.15, 0.2) is 6.23 Å². The first-order valence-electron chi connectivity index (χ1n) is 3.95. The number of cyclic esters (lactones) is 1. The smallest absolute Gasteiger partial charge is 0.327 e. The Morgan fingerprint density at radius 1 is 1.64 bits per heavy atom. The minimum atomic E-state index is -0.487. The van der Waals surface area contributed by atoms with Crippen molar-refractivity contribution in [3.05, 3.63) is 0 Å². The number of nitrogens with one attached hydrogen (secondary N) is 1. The molecule has 0 radical (unpaired) electrons. The molecule has 2 unspecified atom stereocenters. The van der Waals surface area contributed by atoms with Gasteiger partial charge in [-0.3, -0.25) is 5.32 Å². The van der Waals surface area contributed by atoms with Gasteiger partial charge in [0.2, 0.25) is 0 Å². The number of carbonyl (C=O) groups excluding carboxylic acids is 1. The van der Waals surface area contributed by atoms with E-state index in [-0.39, 0.29) is 18.1 Å². The largest absolute Gasteiger partial charge is 0.445 e. The van der Waals surface area contributed by atoms with Gasteiger partial charge < -0.3 is 4.74 Å². The molecule has 0 amide bonds. The molecule has 0 spiro atoms. The van der Waals surface area contributed by atoms with Crippen molar-refractivity contribution >= 4 is 5.97 Å². The molecule has 0 bridgehead atoms. The van der Waals surface area contributed by atoms with Crippen LogP contribution in [0.15, 0.2) is 0 Å². The Morgan fingerprint density at radius 2 is 2.18 bits per heavy atom. The number of esters is 1. The highest BCUT2D eigenvalue weighted by Crippen LogP contribution is 2.24. The first kappa shape index (κ1) is 8.53. The van der Waals surface area contributed by atoms with E-state index in [0.717, 1.165) is 0 Å². The van der Waals surface area contributed by atoms with Crippen molar-refractivity contribution in [1.29, 1.82) is 0 Å². The maximum Gasteiger partial charge on any atom is 0.327 e. The van der Waals surface area contributed by atoms with Gasteiger partial charge in [-0.1, -0.05) is 13.8 Å². The van der Waals surface area contributed by atoms with E-state index in [2.05, 4.69) is 5.32 Å². The molecule has 0 aromatic rings. The highest BCUT2D eigenvalue weighted by Gasteiger charge is 2.45. The second kappa shape index (κ2) is 2.48. The van der Waals surface area contributed by atoms with Crippen LogP contribution in [0.4, 0.5) is 0 Å². The lowest BCUT2D eigenvalue weighted by Crippen LogP contribution is -2.48. The van der Waals surface area contributed by atoms with Crippen molar-refractivity contribution < 1.29 is 9.53 Å². The molecule has 1 aliphatic rings. The summed E-state index contributed by atoms with van der Waals surface area (Å²) in [4.78, 5) is 11.3. The summed E-state index contributed by atoms with van der Waals surface area (Å²) in [6.45, 7) is 7.73. The van der Waals surface area contributed by atoms with E-state index in [1.54, 1.807) is 0 Å². The zero-order valence-corrected chi connectivity index (χ0v) is 7.47. The van der Waals surface area contributed by atoms with Gasteiger partial charge >= 0.3 is 5.97 Å². The van der Waals surface area contributed by atoms with Crippen molar-refractivity contribution in [1.82, 2.24) is 5.32 Å². The molecule has 1 aliphatic heterocycles. The molecular weight excluding hydrogens is 142 g/mol. The van der Waals surface area contributed by atoms with Gasteiger partial charge in [-0.15, -0.1) is 0 Å². The Bertz CT molecular complexity index is 179. The van der Waals surface area contributed by atoms with Gasteiger partial charge in [0.25, 0.3) is 0 Å². The number of hydrogen-bond acceptors (Lipinski definition) is 3. The first-order valence-corrected chi connectivity index (χ1v) is 3.95. The Balaban J connectivity index is 2.79. The molecule has 1 rings (SSSR count). The first-order chi connectivity index (χ1) is 4.97. The van der Waals surface area contributed by atoms with Gasteiger partial charge in [0, 0.05) is 0 Å². The van der Waals surface area contributed by atoms with Crippen LogP contribution in [0.3, 0.4) is 0 Å². The van der Waals surface area contributed by atoms with Crippen molar-refractivity contribution in [2.75, 3.05) is 0 Å². The van der Waals surface area contributed by atoms with E-state index in [1.807, 2.05) is 27.7 Å². The molecule has 1 saturated heterocycles. The van der Waals surface area contributed by atoms with E-state index < -0.39 is 5.54 Å². The summed E-state index contributed by atoms with van der Waals surface area (Å²) in [5.74, 6) is 0.125. The molecule has 1 N–H and O–H groups in total. The predicted octanol–water partition coefficient (Wildman–Crippen LogP) is 0.893. The molecule has 0 saturated carbocycles. The Morgan fingerprint density at radius 3 is 2.36 bits per heavy atom. The maximum absolute atomic E-state index is 11.3. The normalized spacial score (nSPS) is 37.9. The quantitative estimate of drug-likeness (QED) is 0.574. The minimum Gasteiger partial charge on any atom is -0.445 e. The van der Waals surface area contributed by atoms with E-state index in [9.17, 15) is 4.79 Å². The van der Waals surface area contributed by atoms with E-state index in [4.69, 9.17) is 4.74 Å². The SMILES string of the molecule is CC1NC(C)(C(C)C)C(=O)O1. The van der Waals surface area contributed by atoms with Gasteiger partial charge in [0.1, 0.15) is 5.54 Å². The molecule has 3 heteroatoms. The lowest BCUT2D eigenvalue weighted by atomic mass is 9.89. The molecule has 11 heavy (non-hydrogen) atoms. The number of rotatable bonds is 1. The molecule has 3 nitrogen and oxygen atoms in total. The zero-order valence-electron chi connectivity index (χ0n) is 7.47. The number of carbonyl (C=O) groups is 1. The van der Waals surface area contributed by atoms with E-state index in [1.165, 1.54) is 0 Å². The van der Waals surface area contributed by atoms with Crippen LogP contribution in [-0.4, -0.2) is 17.7 Å². The van der Waals surface area contributed by atoms with Crippen LogP contribution in [0.5, 0.6) is 0 Å². The third-order valence-electron chi connectivity index (χ3n) is 2.37. The second-order valence-electron chi connectivity index (χ2n) is 3.55. The topological polar surface area (TPSA) is 38.3 Å². The monoisotopic (exact) mass is 157 g/mol. The van der Waals surface area contributed by atoms with Crippen molar-refractivity contribution in [3.8, 4) is 0 Å². The Labute approximate surface area is 67.1 Å². The lowest BCUT2D eigenvalue weighted by Gasteiger charge is -2.23. The zero-order chi connectivity index (χ0) is 8.65. The summed E-state index contributed by atoms with van der Waals surface area (Å²) in [5.41, 5.74) is -0.487. The summed E-state index contributed by atoms with van der Waals surface area (Å²) in [6.07, 6.45) is -0.144. The fourth-order valence-electron chi connectivity index (χ4n) is 1.20. The fraction of sp³-hybridized carbons (Fsp3) is 0.875. The molecule has 0 aromatic carbocycles. The standard InChI is InChI=1S/C8H15NO2/c1-5(2)8(4)7(10)11-6(3)9-8/h5-6,9H,1-4H3. The Kier molecular flexibility index (Phi) is 1.92. The average molecular weight is 157 g/mol. The molecular formula is C8H15NO2. The van der Waals surface area contributed by atoms with Gasteiger partial charge in [-0.2, -0.15) is 0 Å². The van der Waals surface area contributed by atoms with Crippen LogP contribution in [0, 0.1) is 5.92 Å². The average Bonchev–Trinajstić information content (AvgIpc) is 2.08. The Hall–Kier alpha value is -0.570. The van der Waals surface area contributed by atoms with Crippen LogP contribution in [0.1, 0.15) is 27.7 Å². The molecule has 64 valence electrons. The van der Waals surface area contributed by atoms with E-state index >= 15 is 0 Å². The van der Waals surface area contributed by atoms with Gasteiger partial charge in [0.05, 0.1) is 0 Å². The van der Waals surface area contributed by atoms with Crippen LogP contribution >= 0.6 is 0 Å². The second-order valence-corrected chi connectivity index (χ2v) is 3.55. The van der Waals surface area contributed by atoms with Crippen molar-refractivity contribution in [2.45, 2.75) is 39.5 Å². The van der Waals surface area contributed by atoms with Gasteiger partial charge in [-0.05, 0) is 19.8 Å². The summed E-state index contributed by atoms with van der Waals surface area (Å²) >= 11 is 0. The van der Waals surface area contributed by atoms with Crippen LogP contribution in [-0.2, 0) is 9.53 Å². The number of hydrogen-bond donors (Lipinski definition) is 1. The van der Waals surface area contributed by atoms with E-state index in [0.29, 0.717) is 0 Å². The highest BCUT2D eigenvalue weighted by atomic mass is 16.6. The van der Waals surface area contributed by atoms with Crippen LogP contribution in [0.25, 0.3) is 0 Å². The van der Waals surface area contributed by atoms with Crippen LogP contribution < -0.4 is 5.32 Å². The van der Waals surface area contributed by atoms with Crippen LogP contribution in [0.2, 0.25) is 0 Å². The predicted molar refractivity (Wildman–Crippen MR) is 41.9 cm³/mol. The molecule has 0 aromatic heterocycles. The molecule has 0 aliphatic carbocycles. The third-order valence-corrected chi connectivity index (χ3v) is 2.37. The molecule has 2 atom stereocenters. The minimum absolute atomic E-state index is 0.139. The molecule has 1 heterocycles. The summed E-state index contributed by atoms with van der Waals surface area (Å²) in [7, 11) is 0. The third kappa shape index (κ3) is 1.25.